The second-order valence-corrected chi connectivity index (χ2v) is 4.28. The molecule has 0 spiro atoms. The first-order valence-electron chi connectivity index (χ1n) is 6.76. The summed E-state index contributed by atoms with van der Waals surface area (Å²) in [4.78, 5) is 0. The van der Waals surface area contributed by atoms with Gasteiger partial charge in [-0.05, 0) is 22.3 Å². The van der Waals surface area contributed by atoms with Gasteiger partial charge in [0, 0.05) is 17.4 Å². The van der Waals surface area contributed by atoms with Gasteiger partial charge in [0.2, 0.25) is 0 Å². The van der Waals surface area contributed by atoms with Crippen LogP contribution in [0.15, 0.2) is 84.9 Å². The van der Waals surface area contributed by atoms with Crippen molar-refractivity contribution in [1.29, 1.82) is 0 Å². The van der Waals surface area contributed by atoms with Crippen LogP contribution in [0.25, 0.3) is 22.3 Å². The fourth-order valence-corrected chi connectivity index (χ4v) is 2.22. The van der Waals surface area contributed by atoms with E-state index in [1.165, 1.54) is 22.3 Å². The number of hydrogen-bond acceptors (Lipinski definition) is 0. The molecule has 0 aliphatic carbocycles. The molecule has 0 aliphatic rings. The Morgan fingerprint density at radius 3 is 0.920 bits per heavy atom. The summed E-state index contributed by atoms with van der Waals surface area (Å²) >= 11 is 0. The molecule has 0 atom stereocenters. The third kappa shape index (κ3) is 7.68. The molecule has 0 N–H and O–H groups in total. The van der Waals surface area contributed by atoms with Gasteiger partial charge in [0.25, 0.3) is 0 Å². The molecular weight excluding hydrogens is 352 g/mol. The van der Waals surface area contributed by atoms with E-state index in [0.29, 0.717) is 0 Å². The summed E-state index contributed by atoms with van der Waals surface area (Å²) in [6.07, 6.45) is 0. The van der Waals surface area contributed by atoms with E-state index in [0.717, 1.165) is 0 Å². The normalized spacial score (nSPS) is 7.60. The van der Waals surface area contributed by atoms with E-state index in [9.17, 15) is 0 Å². The Morgan fingerprint density at radius 2 is 0.640 bits per heavy atom. The Hall–Kier alpha value is -2.59. The van der Waals surface area contributed by atoms with Crippen molar-refractivity contribution in [2.75, 3.05) is 0 Å². The van der Waals surface area contributed by atoms with Crippen molar-refractivity contribution < 1.29 is 31.3 Å². The van der Waals surface area contributed by atoms with Crippen LogP contribution in [0.5, 0.6) is 0 Å². The van der Waals surface area contributed by atoms with Crippen molar-refractivity contribution in [3.63, 3.8) is 0 Å². The minimum Gasteiger partial charge on any atom is -0.0622 e. The topological polar surface area (TPSA) is 59.7 Å². The molecule has 0 unspecified atom stereocenters. The van der Waals surface area contributed by atoms with Gasteiger partial charge < -0.3 is 0 Å². The van der Waals surface area contributed by atoms with Crippen LogP contribution in [0.3, 0.4) is 0 Å². The Bertz CT molecular complexity index is 690. The van der Waals surface area contributed by atoms with Crippen molar-refractivity contribution in [1.82, 2.24) is 0 Å². The zero-order valence-electron chi connectivity index (χ0n) is 13.2. The SMILES string of the molecule is [C-]#[O+].[C-]#[O+].[C-]#[O+].[Cr].c1ccc(-c2ccccc2-c2ccccc2)cc1. The molecular formula is C21H14CrO3. The molecule has 0 heterocycles. The predicted molar refractivity (Wildman–Crippen MR) is 89.1 cm³/mol. The maximum Gasteiger partial charge on any atom is 0 e. The largest absolute Gasteiger partial charge is 0.0622 e. The summed E-state index contributed by atoms with van der Waals surface area (Å²) < 4.78 is 22.5. The maximum absolute atomic E-state index is 7.50. The van der Waals surface area contributed by atoms with Crippen LogP contribution < -0.4 is 0 Å². The average molecular weight is 366 g/mol. The molecule has 0 aliphatic heterocycles. The summed E-state index contributed by atoms with van der Waals surface area (Å²) in [5, 5.41) is 0. The van der Waals surface area contributed by atoms with E-state index in [1.807, 2.05) is 0 Å². The van der Waals surface area contributed by atoms with Crippen molar-refractivity contribution in [2.45, 2.75) is 0 Å². The number of rotatable bonds is 2. The van der Waals surface area contributed by atoms with Crippen LogP contribution in [-0.2, 0) is 31.3 Å². The molecule has 3 nitrogen and oxygen atoms in total. The van der Waals surface area contributed by atoms with Gasteiger partial charge in [0.15, 0.2) is 0 Å². The zero-order chi connectivity index (χ0) is 18.2. The predicted octanol–water partition coefficient (Wildman–Crippen LogP) is 4.91. The first-order chi connectivity index (χ1) is 11.9. The number of benzene rings is 3. The maximum atomic E-state index is 7.50. The molecule has 0 saturated carbocycles. The molecule has 0 fully saturated rings. The third-order valence-corrected chi connectivity index (χ3v) is 3.10. The zero-order valence-corrected chi connectivity index (χ0v) is 14.5. The summed E-state index contributed by atoms with van der Waals surface area (Å²) in [6.45, 7) is 13.5. The minimum absolute atomic E-state index is 0. The van der Waals surface area contributed by atoms with Crippen molar-refractivity contribution in [2.24, 2.45) is 0 Å². The van der Waals surface area contributed by atoms with E-state index in [-0.39, 0.29) is 17.4 Å². The molecule has 3 aromatic carbocycles. The van der Waals surface area contributed by atoms with E-state index in [2.05, 4.69) is 105 Å². The molecule has 0 saturated heterocycles. The van der Waals surface area contributed by atoms with Gasteiger partial charge in [-0.2, -0.15) is 0 Å². The van der Waals surface area contributed by atoms with E-state index < -0.39 is 0 Å². The van der Waals surface area contributed by atoms with E-state index >= 15 is 0 Å². The smallest absolute Gasteiger partial charge is 0 e. The number of hydrogen-bond donors (Lipinski definition) is 0. The second-order valence-electron chi connectivity index (χ2n) is 4.28. The molecule has 3 aromatic rings. The molecule has 0 bridgehead atoms. The van der Waals surface area contributed by atoms with Crippen molar-refractivity contribution in [3.05, 3.63) is 105 Å². The summed E-state index contributed by atoms with van der Waals surface area (Å²) in [5.74, 6) is 0. The van der Waals surface area contributed by atoms with Crippen LogP contribution >= 0.6 is 0 Å². The summed E-state index contributed by atoms with van der Waals surface area (Å²) in [6, 6.07) is 29.6. The van der Waals surface area contributed by atoms with Gasteiger partial charge in [-0.3, -0.25) is 0 Å². The fraction of sp³-hybridized carbons (Fsp3) is 0. The molecule has 25 heavy (non-hydrogen) atoms. The van der Waals surface area contributed by atoms with Gasteiger partial charge in [-0.1, -0.05) is 84.9 Å². The summed E-state index contributed by atoms with van der Waals surface area (Å²) in [5.41, 5.74) is 5.09. The molecule has 0 amide bonds. The second kappa shape index (κ2) is 16.3. The molecule has 122 valence electrons. The summed E-state index contributed by atoms with van der Waals surface area (Å²) in [7, 11) is 0. The Morgan fingerprint density at radius 1 is 0.400 bits per heavy atom. The van der Waals surface area contributed by atoms with Crippen LogP contribution in [0.4, 0.5) is 0 Å². The standard InChI is InChI=1S/C18H14.3CO.Cr/c1-3-9-15(10-4-1)17-13-7-8-14-18(17)16-11-5-2-6-12-16;3*1-2;/h1-14H;;;;. The first-order valence-corrected chi connectivity index (χ1v) is 6.76. The third-order valence-electron chi connectivity index (χ3n) is 3.10. The van der Waals surface area contributed by atoms with Crippen LogP contribution in [0, 0.1) is 20.0 Å². The van der Waals surface area contributed by atoms with Gasteiger partial charge in [0.05, 0.1) is 0 Å². The van der Waals surface area contributed by atoms with E-state index in [1.54, 1.807) is 0 Å². The van der Waals surface area contributed by atoms with Gasteiger partial charge >= 0.3 is 33.9 Å². The molecule has 4 heteroatoms. The minimum atomic E-state index is 0. The Balaban J connectivity index is 0. The Labute approximate surface area is 158 Å². The van der Waals surface area contributed by atoms with Gasteiger partial charge in [-0.25, -0.2) is 0 Å². The van der Waals surface area contributed by atoms with Crippen LogP contribution in [-0.4, -0.2) is 0 Å². The average Bonchev–Trinajstić information content (AvgIpc) is 2.74. The molecule has 0 radical (unpaired) electrons. The van der Waals surface area contributed by atoms with Crippen molar-refractivity contribution >= 4 is 0 Å². The van der Waals surface area contributed by atoms with Gasteiger partial charge in [0.1, 0.15) is 0 Å². The molecule has 0 aromatic heterocycles. The van der Waals surface area contributed by atoms with Crippen LogP contribution in [0.1, 0.15) is 0 Å². The molecule has 3 rings (SSSR count). The Kier molecular flexibility index (Phi) is 16.1. The first kappa shape index (κ1) is 24.7. The van der Waals surface area contributed by atoms with Crippen molar-refractivity contribution in [3.8, 4) is 22.3 Å². The fourth-order valence-electron chi connectivity index (χ4n) is 2.22. The van der Waals surface area contributed by atoms with Crippen LogP contribution in [0.2, 0.25) is 0 Å². The van der Waals surface area contributed by atoms with E-state index in [4.69, 9.17) is 14.0 Å². The monoisotopic (exact) mass is 366 g/mol. The quantitative estimate of drug-likeness (QED) is 0.457. The van der Waals surface area contributed by atoms with Gasteiger partial charge in [-0.15, -0.1) is 0 Å².